The molecule has 2 heterocycles. The van der Waals surface area contributed by atoms with Gasteiger partial charge in [0.15, 0.2) is 5.96 Å². The fourth-order valence-corrected chi connectivity index (χ4v) is 3.48. The predicted molar refractivity (Wildman–Crippen MR) is 117 cm³/mol. The van der Waals surface area contributed by atoms with E-state index in [9.17, 15) is 4.79 Å². The van der Waals surface area contributed by atoms with Crippen molar-refractivity contribution in [2.24, 2.45) is 4.99 Å². The number of methoxy groups -OCH3 is 1. The summed E-state index contributed by atoms with van der Waals surface area (Å²) in [5, 5.41) is 6.97. The van der Waals surface area contributed by atoms with Crippen LogP contribution in [-0.2, 0) is 22.5 Å². The zero-order chi connectivity index (χ0) is 21.0. The first-order valence-electron chi connectivity index (χ1n) is 10.6. The average Bonchev–Trinajstić information content (AvgIpc) is 3.30. The van der Waals surface area contributed by atoms with Crippen molar-refractivity contribution in [2.45, 2.75) is 38.3 Å². The third kappa shape index (κ3) is 7.22. The van der Waals surface area contributed by atoms with Crippen molar-refractivity contribution in [3.05, 3.63) is 60.1 Å². The number of benzene rings is 1. The Morgan fingerprint density at radius 2 is 2.00 bits per heavy atom. The van der Waals surface area contributed by atoms with Crippen LogP contribution in [0.25, 0.3) is 0 Å². The molecule has 2 N–H and O–H groups in total. The molecule has 0 aliphatic carbocycles. The van der Waals surface area contributed by atoms with E-state index >= 15 is 0 Å². The van der Waals surface area contributed by atoms with Gasteiger partial charge in [-0.25, -0.2) is 4.99 Å². The molecule has 1 aliphatic rings. The molecular formula is C23H32N4O3. The molecule has 1 saturated heterocycles. The molecule has 0 spiro atoms. The van der Waals surface area contributed by atoms with Gasteiger partial charge in [0.05, 0.1) is 25.8 Å². The zero-order valence-corrected chi connectivity index (χ0v) is 17.7. The molecule has 30 heavy (non-hydrogen) atoms. The van der Waals surface area contributed by atoms with E-state index in [4.69, 9.17) is 14.1 Å². The monoisotopic (exact) mass is 412 g/mol. The fourth-order valence-electron chi connectivity index (χ4n) is 3.48. The molecule has 7 nitrogen and oxygen atoms in total. The van der Waals surface area contributed by atoms with Gasteiger partial charge in [-0.15, -0.1) is 0 Å². The molecule has 0 radical (unpaired) electrons. The van der Waals surface area contributed by atoms with Crippen molar-refractivity contribution in [3.63, 3.8) is 0 Å². The summed E-state index contributed by atoms with van der Waals surface area (Å²) in [6.45, 7) is 3.36. The number of aliphatic imine (C=N–C) groups is 1. The minimum atomic E-state index is 0.171. The maximum absolute atomic E-state index is 12.2. The Bertz CT molecular complexity index is 769. The molecule has 1 amide bonds. The van der Waals surface area contributed by atoms with Gasteiger partial charge in [-0.05, 0) is 30.5 Å². The Kier molecular flexibility index (Phi) is 8.78. The van der Waals surface area contributed by atoms with E-state index in [1.165, 1.54) is 5.56 Å². The highest BCUT2D eigenvalue weighted by Crippen LogP contribution is 2.12. The Labute approximate surface area is 178 Å². The summed E-state index contributed by atoms with van der Waals surface area (Å²) in [5.74, 6) is 1.92. The minimum Gasteiger partial charge on any atom is -0.469 e. The number of nitrogens with one attached hydrogen (secondary N) is 2. The van der Waals surface area contributed by atoms with Crippen molar-refractivity contribution >= 4 is 11.9 Å². The van der Waals surface area contributed by atoms with E-state index in [2.05, 4.69) is 22.8 Å². The molecule has 1 fully saturated rings. The molecule has 0 bridgehead atoms. The number of nitrogens with zero attached hydrogens (tertiary/aromatic N) is 2. The zero-order valence-electron chi connectivity index (χ0n) is 17.7. The Morgan fingerprint density at radius 1 is 1.20 bits per heavy atom. The third-order valence-corrected chi connectivity index (χ3v) is 5.22. The third-order valence-electron chi connectivity index (χ3n) is 5.22. The average molecular weight is 413 g/mol. The standard InChI is InChI=1S/C23H32N4O3/c1-29-17-12-22(28)27-14-10-20(11-15-27)26-23(24-13-9-21-8-5-16-30-21)25-18-19-6-3-2-4-7-19/h2-8,16,20H,9-15,17-18H2,1H3,(H2,24,25,26). The Balaban J connectivity index is 1.51. The van der Waals surface area contributed by atoms with Crippen LogP contribution < -0.4 is 10.6 Å². The quantitative estimate of drug-likeness (QED) is 0.489. The lowest BCUT2D eigenvalue weighted by atomic mass is 10.0. The number of hydrogen-bond donors (Lipinski definition) is 2. The largest absolute Gasteiger partial charge is 0.469 e. The summed E-state index contributed by atoms with van der Waals surface area (Å²) in [6.07, 6.45) is 4.75. The van der Waals surface area contributed by atoms with Gasteiger partial charge >= 0.3 is 0 Å². The van der Waals surface area contributed by atoms with Crippen molar-refractivity contribution in [2.75, 3.05) is 33.4 Å². The number of hydrogen-bond acceptors (Lipinski definition) is 4. The SMILES string of the molecule is COCCC(=O)N1CCC(NC(=NCc2ccccc2)NCCc2ccco2)CC1. The van der Waals surface area contributed by atoms with Crippen LogP contribution in [0.5, 0.6) is 0 Å². The van der Waals surface area contributed by atoms with E-state index < -0.39 is 0 Å². The van der Waals surface area contributed by atoms with E-state index in [0.717, 1.165) is 50.6 Å². The lowest BCUT2D eigenvalue weighted by Crippen LogP contribution is -2.50. The summed E-state index contributed by atoms with van der Waals surface area (Å²) in [7, 11) is 1.62. The van der Waals surface area contributed by atoms with Crippen LogP contribution in [0, 0.1) is 0 Å². The van der Waals surface area contributed by atoms with E-state index in [1.807, 2.05) is 35.2 Å². The molecule has 1 aliphatic heterocycles. The van der Waals surface area contributed by atoms with Gasteiger partial charge in [-0.1, -0.05) is 30.3 Å². The van der Waals surface area contributed by atoms with Crippen LogP contribution in [0.4, 0.5) is 0 Å². The van der Waals surface area contributed by atoms with Gasteiger partial charge in [-0.3, -0.25) is 4.79 Å². The van der Waals surface area contributed by atoms with E-state index in [0.29, 0.717) is 25.6 Å². The molecule has 0 saturated carbocycles. The van der Waals surface area contributed by atoms with Gasteiger partial charge in [0.2, 0.25) is 5.91 Å². The van der Waals surface area contributed by atoms with Gasteiger partial charge in [0.25, 0.3) is 0 Å². The second kappa shape index (κ2) is 12.0. The number of amides is 1. The van der Waals surface area contributed by atoms with Crippen molar-refractivity contribution in [3.8, 4) is 0 Å². The first kappa shape index (κ1) is 21.9. The Hall–Kier alpha value is -2.80. The maximum Gasteiger partial charge on any atom is 0.224 e. The van der Waals surface area contributed by atoms with Crippen molar-refractivity contribution < 1.29 is 13.9 Å². The molecule has 0 unspecified atom stereocenters. The van der Waals surface area contributed by atoms with Crippen LogP contribution in [0.1, 0.15) is 30.6 Å². The van der Waals surface area contributed by atoms with E-state index in [1.54, 1.807) is 13.4 Å². The van der Waals surface area contributed by atoms with Gasteiger partial charge in [-0.2, -0.15) is 0 Å². The number of furan rings is 1. The minimum absolute atomic E-state index is 0.171. The molecule has 2 aromatic rings. The molecule has 162 valence electrons. The molecule has 1 aromatic carbocycles. The molecule has 0 atom stereocenters. The molecular weight excluding hydrogens is 380 g/mol. The first-order chi connectivity index (χ1) is 14.7. The lowest BCUT2D eigenvalue weighted by molar-refractivity contribution is -0.133. The smallest absolute Gasteiger partial charge is 0.224 e. The van der Waals surface area contributed by atoms with Gasteiger partial charge in [0.1, 0.15) is 5.76 Å². The highest BCUT2D eigenvalue weighted by atomic mass is 16.5. The number of rotatable bonds is 9. The second-order valence-corrected chi connectivity index (χ2v) is 7.45. The number of carbonyl (C=O) groups excluding carboxylic acids is 1. The fraction of sp³-hybridized carbons (Fsp3) is 0.478. The number of guanidine groups is 1. The van der Waals surface area contributed by atoms with Crippen LogP contribution in [0.2, 0.25) is 0 Å². The summed E-state index contributed by atoms with van der Waals surface area (Å²) >= 11 is 0. The van der Waals surface area contributed by atoms with Crippen LogP contribution in [0.3, 0.4) is 0 Å². The van der Waals surface area contributed by atoms with Crippen molar-refractivity contribution in [1.82, 2.24) is 15.5 Å². The molecule has 7 heteroatoms. The first-order valence-corrected chi connectivity index (χ1v) is 10.6. The normalized spacial score (nSPS) is 15.2. The summed E-state index contributed by atoms with van der Waals surface area (Å²) in [6, 6.07) is 14.4. The van der Waals surface area contributed by atoms with Crippen LogP contribution in [0.15, 0.2) is 58.1 Å². The predicted octanol–water partition coefficient (Wildman–Crippen LogP) is 2.59. The second-order valence-electron chi connectivity index (χ2n) is 7.45. The van der Waals surface area contributed by atoms with Crippen LogP contribution in [-0.4, -0.2) is 56.2 Å². The molecule has 3 rings (SSSR count). The van der Waals surface area contributed by atoms with Gasteiger partial charge in [0, 0.05) is 39.2 Å². The number of piperidine rings is 1. The Morgan fingerprint density at radius 3 is 2.70 bits per heavy atom. The van der Waals surface area contributed by atoms with Crippen molar-refractivity contribution in [1.29, 1.82) is 0 Å². The van der Waals surface area contributed by atoms with E-state index in [-0.39, 0.29) is 5.91 Å². The molecule has 1 aromatic heterocycles. The summed E-state index contributed by atoms with van der Waals surface area (Å²) < 4.78 is 10.4. The van der Waals surface area contributed by atoms with Gasteiger partial charge < -0.3 is 24.7 Å². The number of ether oxygens (including phenoxy) is 1. The number of carbonyl (C=O) groups is 1. The maximum atomic E-state index is 12.2. The summed E-state index contributed by atoms with van der Waals surface area (Å²) in [5.41, 5.74) is 1.17. The highest BCUT2D eigenvalue weighted by Gasteiger charge is 2.23. The highest BCUT2D eigenvalue weighted by molar-refractivity contribution is 5.80. The van der Waals surface area contributed by atoms with Crippen LogP contribution >= 0.6 is 0 Å². The topological polar surface area (TPSA) is 79.1 Å². The lowest BCUT2D eigenvalue weighted by Gasteiger charge is -2.33. The number of likely N-dealkylation sites (tertiary alicyclic amines) is 1. The summed E-state index contributed by atoms with van der Waals surface area (Å²) in [4.78, 5) is 18.9.